The number of carbonyl (C=O) groups excluding carboxylic acids is 3. The summed E-state index contributed by atoms with van der Waals surface area (Å²) in [4.78, 5) is 45.7. The SMILES string of the molecule is C=CC[C@](N)(Cc1ccccc1)C(N)=O.CC(C)(C)OC(=O)N[C@@H](CC(=O)OCc1ccccc1)C(=O)O. The summed E-state index contributed by atoms with van der Waals surface area (Å²) in [5.74, 6) is -2.56. The van der Waals surface area contributed by atoms with E-state index in [9.17, 15) is 19.2 Å². The predicted molar refractivity (Wildman–Crippen MR) is 143 cm³/mol. The average Bonchev–Trinajstić information content (AvgIpc) is 2.83. The fourth-order valence-corrected chi connectivity index (χ4v) is 3.09. The first-order valence-electron chi connectivity index (χ1n) is 11.9. The third kappa shape index (κ3) is 12.7. The molecule has 2 aromatic rings. The molecule has 0 bridgehead atoms. The van der Waals surface area contributed by atoms with Gasteiger partial charge in [-0.2, -0.15) is 0 Å². The molecule has 0 spiro atoms. The zero-order valence-electron chi connectivity index (χ0n) is 22.0. The van der Waals surface area contributed by atoms with Gasteiger partial charge in [0.15, 0.2) is 0 Å². The van der Waals surface area contributed by atoms with Crippen molar-refractivity contribution in [3.63, 3.8) is 0 Å². The van der Waals surface area contributed by atoms with Gasteiger partial charge in [0.1, 0.15) is 23.8 Å². The van der Waals surface area contributed by atoms with Crippen molar-refractivity contribution in [3.05, 3.63) is 84.4 Å². The Labute approximate surface area is 223 Å². The van der Waals surface area contributed by atoms with Gasteiger partial charge >= 0.3 is 18.0 Å². The maximum atomic E-state index is 11.7. The standard InChI is InChI=1S/C16H21NO6.C12H16N2O/c1-16(2,3)23-15(21)17-12(14(19)20)9-13(18)22-10-11-7-5-4-6-8-11;1-2-8-12(14,11(13)15)9-10-6-4-3-5-7-10/h4-8,12H,9-10H2,1-3H3,(H,17,21)(H,19,20);2-7H,1,8-9,14H2,(H2,13,15)/t2*12-/m00/s1. The molecule has 0 fully saturated rings. The van der Waals surface area contributed by atoms with Crippen LogP contribution in [0.4, 0.5) is 4.79 Å². The largest absolute Gasteiger partial charge is 0.480 e. The smallest absolute Gasteiger partial charge is 0.408 e. The Morgan fingerprint density at radius 3 is 1.97 bits per heavy atom. The van der Waals surface area contributed by atoms with Gasteiger partial charge in [-0.05, 0) is 44.7 Å². The van der Waals surface area contributed by atoms with Crippen LogP contribution < -0.4 is 16.8 Å². The minimum Gasteiger partial charge on any atom is -0.480 e. The van der Waals surface area contributed by atoms with Crippen LogP contribution in [0.5, 0.6) is 0 Å². The van der Waals surface area contributed by atoms with E-state index in [4.69, 9.17) is 26.0 Å². The number of carbonyl (C=O) groups is 4. The van der Waals surface area contributed by atoms with Crippen LogP contribution in [0.25, 0.3) is 0 Å². The van der Waals surface area contributed by atoms with Gasteiger partial charge in [0.2, 0.25) is 5.91 Å². The van der Waals surface area contributed by atoms with Gasteiger partial charge in [-0.15, -0.1) is 6.58 Å². The molecule has 2 rings (SSSR count). The van der Waals surface area contributed by atoms with E-state index in [0.717, 1.165) is 11.1 Å². The highest BCUT2D eigenvalue weighted by Gasteiger charge is 2.30. The predicted octanol–water partition coefficient (Wildman–Crippen LogP) is 3.09. The quantitative estimate of drug-likeness (QED) is 0.255. The van der Waals surface area contributed by atoms with Gasteiger partial charge in [0, 0.05) is 0 Å². The normalized spacial score (nSPS) is 12.9. The topological polar surface area (TPSA) is 171 Å². The summed E-state index contributed by atoms with van der Waals surface area (Å²) < 4.78 is 9.96. The van der Waals surface area contributed by atoms with Crippen molar-refractivity contribution in [2.75, 3.05) is 0 Å². The molecule has 0 saturated carbocycles. The lowest BCUT2D eigenvalue weighted by Crippen LogP contribution is -2.53. The van der Waals surface area contributed by atoms with Crippen LogP contribution in [0, 0.1) is 0 Å². The highest BCUT2D eigenvalue weighted by Crippen LogP contribution is 2.15. The van der Waals surface area contributed by atoms with Crippen LogP contribution >= 0.6 is 0 Å². The van der Waals surface area contributed by atoms with Crippen LogP contribution in [-0.4, -0.2) is 46.2 Å². The summed E-state index contributed by atoms with van der Waals surface area (Å²) in [6.45, 7) is 8.57. The van der Waals surface area contributed by atoms with Gasteiger partial charge in [-0.25, -0.2) is 9.59 Å². The van der Waals surface area contributed by atoms with Gasteiger partial charge in [-0.1, -0.05) is 66.7 Å². The number of hydrogen-bond acceptors (Lipinski definition) is 7. The van der Waals surface area contributed by atoms with Crippen molar-refractivity contribution in [1.29, 1.82) is 0 Å². The fraction of sp³-hybridized carbons (Fsp3) is 0.357. The number of amides is 2. The summed E-state index contributed by atoms with van der Waals surface area (Å²) in [7, 11) is 0. The van der Waals surface area contributed by atoms with E-state index < -0.39 is 47.5 Å². The van der Waals surface area contributed by atoms with Crippen LogP contribution in [-0.2, 0) is 36.9 Å². The van der Waals surface area contributed by atoms with E-state index in [1.54, 1.807) is 51.1 Å². The first kappa shape index (κ1) is 31.8. The van der Waals surface area contributed by atoms with Gasteiger partial charge in [0.25, 0.3) is 0 Å². The molecule has 0 saturated heterocycles. The zero-order valence-corrected chi connectivity index (χ0v) is 22.0. The lowest BCUT2D eigenvalue weighted by atomic mass is 9.88. The van der Waals surface area contributed by atoms with Crippen LogP contribution in [0.15, 0.2) is 73.3 Å². The third-order valence-electron chi connectivity index (χ3n) is 4.96. The molecule has 0 heterocycles. The maximum absolute atomic E-state index is 11.7. The van der Waals surface area contributed by atoms with Gasteiger partial charge in [0.05, 0.1) is 6.42 Å². The van der Waals surface area contributed by atoms with Gasteiger partial charge in [-0.3, -0.25) is 9.59 Å². The van der Waals surface area contributed by atoms with E-state index in [1.165, 1.54) is 0 Å². The van der Waals surface area contributed by atoms with E-state index in [0.29, 0.717) is 12.8 Å². The van der Waals surface area contributed by atoms with Crippen LogP contribution in [0.3, 0.4) is 0 Å². The number of esters is 1. The molecule has 38 heavy (non-hydrogen) atoms. The fourth-order valence-electron chi connectivity index (χ4n) is 3.09. The summed E-state index contributed by atoms with van der Waals surface area (Å²) in [6, 6.07) is 17.2. The molecule has 0 aliphatic heterocycles. The molecule has 206 valence electrons. The van der Waals surface area contributed by atoms with Crippen molar-refractivity contribution < 1.29 is 33.8 Å². The molecule has 6 N–H and O–H groups in total. The van der Waals surface area contributed by atoms with Crippen molar-refractivity contribution in [1.82, 2.24) is 5.32 Å². The van der Waals surface area contributed by atoms with E-state index in [2.05, 4.69) is 11.9 Å². The van der Waals surface area contributed by atoms with Crippen LogP contribution in [0.2, 0.25) is 0 Å². The first-order chi connectivity index (χ1) is 17.8. The number of carboxylic acids is 1. The molecule has 10 heteroatoms. The summed E-state index contributed by atoms with van der Waals surface area (Å²) in [5.41, 5.74) is 11.2. The third-order valence-corrected chi connectivity index (χ3v) is 4.96. The average molecular weight is 528 g/mol. The Hall–Kier alpha value is -4.18. The Morgan fingerprint density at radius 2 is 1.53 bits per heavy atom. The van der Waals surface area contributed by atoms with Crippen molar-refractivity contribution >= 4 is 23.9 Å². The Morgan fingerprint density at radius 1 is 1.00 bits per heavy atom. The number of nitrogens with two attached hydrogens (primary N) is 2. The highest BCUT2D eigenvalue weighted by molar-refractivity contribution is 5.85. The Balaban J connectivity index is 0.000000415. The number of aliphatic carboxylic acids is 1. The van der Waals surface area contributed by atoms with E-state index >= 15 is 0 Å². The molecule has 0 aliphatic rings. The molecule has 2 aromatic carbocycles. The number of benzene rings is 2. The molecule has 0 aromatic heterocycles. The molecule has 0 unspecified atom stereocenters. The van der Waals surface area contributed by atoms with E-state index in [1.807, 2.05) is 36.4 Å². The first-order valence-corrected chi connectivity index (χ1v) is 11.9. The lowest BCUT2D eigenvalue weighted by molar-refractivity contribution is -0.150. The number of carboxylic acid groups (broad SMARTS) is 1. The minimum atomic E-state index is -1.41. The minimum absolute atomic E-state index is 0.0401. The number of alkyl carbamates (subject to hydrolysis) is 1. The molecule has 2 atom stereocenters. The second-order valence-corrected chi connectivity index (χ2v) is 9.56. The molecule has 10 nitrogen and oxygen atoms in total. The number of nitrogens with one attached hydrogen (secondary N) is 1. The van der Waals surface area contributed by atoms with Crippen molar-refractivity contribution in [2.45, 2.75) is 63.8 Å². The Kier molecular flexibility index (Phi) is 12.7. The molecular weight excluding hydrogens is 490 g/mol. The number of ether oxygens (including phenoxy) is 2. The zero-order chi connectivity index (χ0) is 28.8. The number of primary amides is 1. The summed E-state index contributed by atoms with van der Waals surface area (Å²) >= 11 is 0. The number of hydrogen-bond donors (Lipinski definition) is 4. The van der Waals surface area contributed by atoms with Crippen LogP contribution in [0.1, 0.15) is 44.7 Å². The monoisotopic (exact) mass is 527 g/mol. The lowest BCUT2D eigenvalue weighted by Gasteiger charge is -2.24. The molecule has 0 aliphatic carbocycles. The van der Waals surface area contributed by atoms with Crippen molar-refractivity contribution in [3.8, 4) is 0 Å². The summed E-state index contributed by atoms with van der Waals surface area (Å²) in [5, 5.41) is 11.2. The second kappa shape index (κ2) is 15.2. The Bertz CT molecular complexity index is 1070. The second-order valence-electron chi connectivity index (χ2n) is 9.56. The summed E-state index contributed by atoms with van der Waals surface area (Å²) in [6.07, 6.45) is 1.06. The molecule has 2 amide bonds. The van der Waals surface area contributed by atoms with Crippen molar-refractivity contribution in [2.24, 2.45) is 11.5 Å². The van der Waals surface area contributed by atoms with Gasteiger partial charge < -0.3 is 31.4 Å². The van der Waals surface area contributed by atoms with E-state index in [-0.39, 0.29) is 6.61 Å². The maximum Gasteiger partial charge on any atom is 0.408 e. The molecule has 0 radical (unpaired) electrons. The molecular formula is C28H37N3O7. The highest BCUT2D eigenvalue weighted by atomic mass is 16.6. The number of rotatable bonds is 11.